The molecular weight excluding hydrogens is 390 g/mol. The van der Waals surface area contributed by atoms with Crippen LogP contribution in [0.2, 0.25) is 0 Å². The SMILES string of the molecule is N#Cc1cc(N(Cc2ccccc2)Sc2ccccc2)ccc1N1CCC(O)CC1. The number of hydrogen-bond donors (Lipinski definition) is 1. The van der Waals surface area contributed by atoms with Gasteiger partial charge in [-0.05, 0) is 60.7 Å². The van der Waals surface area contributed by atoms with E-state index in [4.69, 9.17) is 0 Å². The van der Waals surface area contributed by atoms with Crippen molar-refractivity contribution in [1.82, 2.24) is 0 Å². The molecule has 0 aliphatic carbocycles. The highest BCUT2D eigenvalue weighted by atomic mass is 32.2. The van der Waals surface area contributed by atoms with Crippen LogP contribution in [-0.2, 0) is 6.54 Å². The number of piperidine rings is 1. The van der Waals surface area contributed by atoms with Crippen molar-refractivity contribution in [2.24, 2.45) is 0 Å². The van der Waals surface area contributed by atoms with E-state index in [0.29, 0.717) is 5.56 Å². The summed E-state index contributed by atoms with van der Waals surface area (Å²) in [5, 5.41) is 19.6. The second kappa shape index (κ2) is 9.71. The first-order valence-electron chi connectivity index (χ1n) is 10.2. The van der Waals surface area contributed by atoms with Crippen LogP contribution in [0.5, 0.6) is 0 Å². The van der Waals surface area contributed by atoms with Crippen LogP contribution in [0, 0.1) is 11.3 Å². The molecule has 4 nitrogen and oxygen atoms in total. The smallest absolute Gasteiger partial charge is 0.101 e. The van der Waals surface area contributed by atoms with E-state index in [0.717, 1.165) is 48.7 Å². The maximum atomic E-state index is 9.84. The minimum absolute atomic E-state index is 0.227. The monoisotopic (exact) mass is 415 g/mol. The first-order chi connectivity index (χ1) is 14.7. The van der Waals surface area contributed by atoms with Gasteiger partial charge in [0, 0.05) is 23.7 Å². The van der Waals surface area contributed by atoms with Gasteiger partial charge < -0.3 is 14.3 Å². The molecule has 0 aromatic heterocycles. The van der Waals surface area contributed by atoms with Crippen LogP contribution in [-0.4, -0.2) is 24.3 Å². The molecule has 0 unspecified atom stereocenters. The van der Waals surface area contributed by atoms with Gasteiger partial charge in [0.05, 0.1) is 23.9 Å². The predicted octanol–water partition coefficient (Wildman–Crippen LogP) is 5.23. The summed E-state index contributed by atoms with van der Waals surface area (Å²) in [6.07, 6.45) is 1.27. The quantitative estimate of drug-likeness (QED) is 0.559. The van der Waals surface area contributed by atoms with E-state index < -0.39 is 0 Å². The fourth-order valence-electron chi connectivity index (χ4n) is 3.69. The van der Waals surface area contributed by atoms with Crippen molar-refractivity contribution in [3.05, 3.63) is 90.0 Å². The molecule has 3 aromatic rings. The molecule has 0 spiro atoms. The number of benzene rings is 3. The van der Waals surface area contributed by atoms with Gasteiger partial charge in [0.15, 0.2) is 0 Å². The average molecular weight is 416 g/mol. The fourth-order valence-corrected chi connectivity index (χ4v) is 4.65. The average Bonchev–Trinajstić information content (AvgIpc) is 2.80. The molecule has 3 aromatic carbocycles. The van der Waals surface area contributed by atoms with Crippen LogP contribution in [0.1, 0.15) is 24.0 Å². The van der Waals surface area contributed by atoms with Crippen molar-refractivity contribution in [2.75, 3.05) is 22.3 Å². The predicted molar refractivity (Wildman–Crippen MR) is 124 cm³/mol. The van der Waals surface area contributed by atoms with Gasteiger partial charge in [0.2, 0.25) is 0 Å². The zero-order valence-electron chi connectivity index (χ0n) is 16.8. The molecule has 1 fully saturated rings. The second-order valence-electron chi connectivity index (χ2n) is 7.46. The summed E-state index contributed by atoms with van der Waals surface area (Å²) >= 11 is 1.67. The lowest BCUT2D eigenvalue weighted by molar-refractivity contribution is 0.145. The zero-order chi connectivity index (χ0) is 20.8. The number of rotatable bonds is 6. The number of aliphatic hydroxyl groups excluding tert-OH is 1. The largest absolute Gasteiger partial charge is 0.393 e. The lowest BCUT2D eigenvalue weighted by Gasteiger charge is -2.32. The highest BCUT2D eigenvalue weighted by Crippen LogP contribution is 2.34. The van der Waals surface area contributed by atoms with Crippen LogP contribution in [0.25, 0.3) is 0 Å². The molecule has 1 N–H and O–H groups in total. The maximum Gasteiger partial charge on any atom is 0.101 e. The second-order valence-corrected chi connectivity index (χ2v) is 8.55. The van der Waals surface area contributed by atoms with E-state index in [1.54, 1.807) is 11.9 Å². The molecule has 152 valence electrons. The summed E-state index contributed by atoms with van der Waals surface area (Å²) in [4.78, 5) is 3.36. The highest BCUT2D eigenvalue weighted by molar-refractivity contribution is 8.00. The Morgan fingerprint density at radius 1 is 0.967 bits per heavy atom. The molecule has 5 heteroatoms. The van der Waals surface area contributed by atoms with E-state index in [-0.39, 0.29) is 6.10 Å². The third-order valence-corrected chi connectivity index (χ3v) is 6.36. The van der Waals surface area contributed by atoms with E-state index in [1.807, 2.05) is 30.3 Å². The van der Waals surface area contributed by atoms with E-state index in [9.17, 15) is 10.4 Å². The third-order valence-electron chi connectivity index (χ3n) is 5.32. The number of nitrogens with zero attached hydrogens (tertiary/aromatic N) is 3. The summed E-state index contributed by atoms with van der Waals surface area (Å²) in [6.45, 7) is 2.30. The maximum absolute atomic E-state index is 9.84. The molecule has 1 saturated heterocycles. The molecule has 0 saturated carbocycles. The first kappa shape index (κ1) is 20.3. The summed E-state index contributed by atoms with van der Waals surface area (Å²) in [5.74, 6) is 0. The molecule has 0 amide bonds. The Morgan fingerprint density at radius 3 is 2.30 bits per heavy atom. The van der Waals surface area contributed by atoms with Gasteiger partial charge in [-0.3, -0.25) is 0 Å². The number of nitriles is 1. The Kier molecular flexibility index (Phi) is 6.58. The normalized spacial score (nSPS) is 14.3. The molecule has 0 bridgehead atoms. The van der Waals surface area contributed by atoms with Gasteiger partial charge in [-0.2, -0.15) is 5.26 Å². The van der Waals surface area contributed by atoms with Gasteiger partial charge in [-0.25, -0.2) is 0 Å². The van der Waals surface area contributed by atoms with Crippen LogP contribution in [0.3, 0.4) is 0 Å². The van der Waals surface area contributed by atoms with Gasteiger partial charge in [-0.15, -0.1) is 0 Å². The van der Waals surface area contributed by atoms with Gasteiger partial charge in [-0.1, -0.05) is 48.5 Å². The fraction of sp³-hybridized carbons (Fsp3) is 0.240. The van der Waals surface area contributed by atoms with Gasteiger partial charge in [0.1, 0.15) is 6.07 Å². The molecule has 1 aliphatic heterocycles. The molecular formula is C25H25N3OS. The van der Waals surface area contributed by atoms with Crippen LogP contribution in [0.4, 0.5) is 11.4 Å². The van der Waals surface area contributed by atoms with Crippen LogP contribution >= 0.6 is 11.9 Å². The lowest BCUT2D eigenvalue weighted by Crippen LogP contribution is -2.36. The highest BCUT2D eigenvalue weighted by Gasteiger charge is 2.20. The molecule has 1 heterocycles. The number of aliphatic hydroxyl groups is 1. The first-order valence-corrected chi connectivity index (χ1v) is 11.0. The van der Waals surface area contributed by atoms with Crippen molar-refractivity contribution in [3.8, 4) is 6.07 Å². The van der Waals surface area contributed by atoms with Crippen molar-refractivity contribution < 1.29 is 5.11 Å². The van der Waals surface area contributed by atoms with E-state index in [1.165, 1.54) is 5.56 Å². The minimum Gasteiger partial charge on any atom is -0.393 e. The van der Waals surface area contributed by atoms with Gasteiger partial charge >= 0.3 is 0 Å². The van der Waals surface area contributed by atoms with Gasteiger partial charge in [0.25, 0.3) is 0 Å². The standard InChI is InChI=1S/C25H25N3OS/c26-18-21-17-22(11-12-25(21)27-15-13-23(29)14-16-27)28(19-20-7-3-1-4-8-20)30-24-9-5-2-6-10-24/h1-12,17,23,29H,13-16,19H2. The molecule has 1 aliphatic rings. The Balaban J connectivity index is 1.63. The van der Waals surface area contributed by atoms with Crippen LogP contribution < -0.4 is 9.21 Å². The van der Waals surface area contributed by atoms with Crippen molar-refractivity contribution in [3.63, 3.8) is 0 Å². The summed E-state index contributed by atoms with van der Waals surface area (Å²) < 4.78 is 2.23. The molecule has 30 heavy (non-hydrogen) atoms. The Morgan fingerprint density at radius 2 is 1.63 bits per heavy atom. The van der Waals surface area contributed by atoms with Crippen molar-refractivity contribution in [2.45, 2.75) is 30.4 Å². The van der Waals surface area contributed by atoms with Crippen molar-refractivity contribution in [1.29, 1.82) is 5.26 Å². The Labute approximate surface area is 182 Å². The summed E-state index contributed by atoms with van der Waals surface area (Å²) in [6, 6.07) is 29.2. The lowest BCUT2D eigenvalue weighted by atomic mass is 10.0. The van der Waals surface area contributed by atoms with Crippen molar-refractivity contribution >= 4 is 23.3 Å². The Bertz CT molecular complexity index is 954. The topological polar surface area (TPSA) is 50.5 Å². The number of hydrogen-bond acceptors (Lipinski definition) is 5. The Hall–Kier alpha value is -2.94. The molecule has 4 rings (SSSR count). The summed E-state index contributed by atoms with van der Waals surface area (Å²) in [5.41, 5.74) is 3.85. The zero-order valence-corrected chi connectivity index (χ0v) is 17.6. The minimum atomic E-state index is -0.227. The number of anilines is 2. The summed E-state index contributed by atoms with van der Waals surface area (Å²) in [7, 11) is 0. The van der Waals surface area contributed by atoms with E-state index in [2.05, 4.69) is 63.8 Å². The van der Waals surface area contributed by atoms with Crippen LogP contribution in [0.15, 0.2) is 83.8 Å². The van der Waals surface area contributed by atoms with E-state index >= 15 is 0 Å². The molecule has 0 atom stereocenters. The third kappa shape index (κ3) is 4.96. The molecule has 0 radical (unpaired) electrons.